The van der Waals surface area contributed by atoms with Crippen molar-refractivity contribution < 1.29 is 18.7 Å². The number of hydrogen-bond acceptors (Lipinski definition) is 3. The molecule has 2 aromatic carbocycles. The van der Waals surface area contributed by atoms with Crippen LogP contribution < -0.4 is 5.32 Å². The number of allylic oxidation sites excluding steroid dienone is 4. The summed E-state index contributed by atoms with van der Waals surface area (Å²) >= 11 is 0. The van der Waals surface area contributed by atoms with E-state index < -0.39 is 0 Å². The topological polar surface area (TPSA) is 60.3 Å². The highest BCUT2D eigenvalue weighted by atomic mass is 19.1. The van der Waals surface area contributed by atoms with E-state index in [0.717, 1.165) is 41.0 Å². The van der Waals surface area contributed by atoms with E-state index >= 15 is 0 Å². The summed E-state index contributed by atoms with van der Waals surface area (Å²) in [4.78, 5) is 25.9. The molecule has 0 bridgehead atoms. The molecule has 1 aromatic heterocycles. The summed E-state index contributed by atoms with van der Waals surface area (Å²) in [5, 5.41) is 3.09. The summed E-state index contributed by atoms with van der Waals surface area (Å²) in [7, 11) is 0. The Labute approximate surface area is 230 Å². The number of halogens is 1. The monoisotopic (exact) mass is 528 g/mol. The van der Waals surface area contributed by atoms with Crippen molar-refractivity contribution in [3.8, 4) is 11.1 Å². The third kappa shape index (κ3) is 6.94. The summed E-state index contributed by atoms with van der Waals surface area (Å²) in [5.74, 6) is -0.616. The summed E-state index contributed by atoms with van der Waals surface area (Å²) in [5.41, 5.74) is 4.96. The lowest BCUT2D eigenvalue weighted by atomic mass is 9.95. The largest absolute Gasteiger partial charge is 0.462 e. The Kier molecular flexibility index (Phi) is 9.53. The van der Waals surface area contributed by atoms with Gasteiger partial charge in [-0.15, -0.1) is 0 Å². The minimum Gasteiger partial charge on any atom is -0.462 e. The molecule has 1 unspecified atom stereocenters. The summed E-state index contributed by atoms with van der Waals surface area (Å²) in [6.45, 7) is 6.41. The fourth-order valence-electron chi connectivity index (χ4n) is 5.25. The molecule has 1 atom stereocenters. The van der Waals surface area contributed by atoms with E-state index in [2.05, 4.69) is 23.7 Å². The maximum absolute atomic E-state index is 14.0. The number of cyclic esters (lactones) is 1. The first kappa shape index (κ1) is 28.1. The fourth-order valence-corrected chi connectivity index (χ4v) is 5.25. The molecule has 1 N–H and O–H groups in total. The van der Waals surface area contributed by atoms with Crippen molar-refractivity contribution in [2.24, 2.45) is 0 Å². The molecule has 39 heavy (non-hydrogen) atoms. The van der Waals surface area contributed by atoms with Gasteiger partial charge in [0.05, 0.1) is 5.56 Å². The molecule has 1 saturated heterocycles. The van der Waals surface area contributed by atoms with Crippen molar-refractivity contribution in [2.45, 2.75) is 71.4 Å². The summed E-state index contributed by atoms with van der Waals surface area (Å²) < 4.78 is 21.8. The van der Waals surface area contributed by atoms with Crippen LogP contribution in [0.15, 0.2) is 84.7 Å². The number of nitrogens with one attached hydrogen (secondary N) is 1. The van der Waals surface area contributed by atoms with Crippen LogP contribution in [0.3, 0.4) is 0 Å². The predicted molar refractivity (Wildman–Crippen MR) is 154 cm³/mol. The number of ether oxygens (including phenoxy) is 1. The van der Waals surface area contributed by atoms with Gasteiger partial charge in [0.1, 0.15) is 11.9 Å². The zero-order valence-electron chi connectivity index (χ0n) is 23.0. The molecule has 2 heterocycles. The molecule has 204 valence electrons. The van der Waals surface area contributed by atoms with Crippen LogP contribution in [0.1, 0.15) is 74.1 Å². The van der Waals surface area contributed by atoms with Crippen molar-refractivity contribution in [1.82, 2.24) is 4.57 Å². The molecule has 0 saturated carbocycles. The van der Waals surface area contributed by atoms with Gasteiger partial charge in [0.25, 0.3) is 5.91 Å². The second-order valence-corrected chi connectivity index (χ2v) is 10.1. The average molecular weight is 529 g/mol. The number of carbonyl (C=O) groups is 2. The molecule has 1 aliphatic heterocycles. The van der Waals surface area contributed by atoms with Crippen LogP contribution in [-0.2, 0) is 22.5 Å². The lowest BCUT2D eigenvalue weighted by Crippen LogP contribution is -2.25. The van der Waals surface area contributed by atoms with Crippen LogP contribution in [0.2, 0.25) is 0 Å². The van der Waals surface area contributed by atoms with Gasteiger partial charge < -0.3 is 14.6 Å². The van der Waals surface area contributed by atoms with Crippen LogP contribution in [0.4, 0.5) is 10.1 Å². The maximum atomic E-state index is 14.0. The van der Waals surface area contributed by atoms with E-state index in [4.69, 9.17) is 4.74 Å². The number of para-hydroxylation sites is 1. The third-order valence-corrected chi connectivity index (χ3v) is 7.02. The SMILES string of the molecule is C/C=C(F)\C=C/Cc1c(-c2ccccc2)c(C(=O)Nc2ccccc2)c(C(C)C)n1CCC1CCCC(=O)O1. The number of hydrogen-bond donors (Lipinski definition) is 1. The Morgan fingerprint density at radius 1 is 1.13 bits per heavy atom. The van der Waals surface area contributed by atoms with Crippen molar-refractivity contribution >= 4 is 17.6 Å². The van der Waals surface area contributed by atoms with Gasteiger partial charge in [-0.2, -0.15) is 0 Å². The minimum atomic E-state index is -0.311. The van der Waals surface area contributed by atoms with Gasteiger partial charge in [0.2, 0.25) is 0 Å². The number of rotatable bonds is 10. The van der Waals surface area contributed by atoms with Gasteiger partial charge in [0, 0.05) is 48.4 Å². The van der Waals surface area contributed by atoms with E-state index in [1.54, 1.807) is 13.0 Å². The molecule has 1 amide bonds. The molecular formula is C33H37FN2O3. The van der Waals surface area contributed by atoms with E-state index in [1.807, 2.05) is 60.7 Å². The quantitative estimate of drug-likeness (QED) is 0.214. The van der Waals surface area contributed by atoms with Gasteiger partial charge >= 0.3 is 5.97 Å². The number of anilines is 1. The molecule has 0 radical (unpaired) electrons. The number of aromatic nitrogens is 1. The zero-order valence-corrected chi connectivity index (χ0v) is 23.0. The summed E-state index contributed by atoms with van der Waals surface area (Å²) in [6.07, 6.45) is 7.74. The van der Waals surface area contributed by atoms with Gasteiger partial charge in [-0.1, -0.05) is 74.5 Å². The lowest BCUT2D eigenvalue weighted by molar-refractivity contribution is -0.154. The second-order valence-electron chi connectivity index (χ2n) is 10.1. The molecule has 0 spiro atoms. The number of esters is 1. The van der Waals surface area contributed by atoms with E-state index in [-0.39, 0.29) is 29.7 Å². The highest BCUT2D eigenvalue weighted by Crippen LogP contribution is 2.38. The first-order valence-corrected chi connectivity index (χ1v) is 13.7. The Morgan fingerprint density at radius 3 is 2.46 bits per heavy atom. The fraction of sp³-hybridized carbons (Fsp3) is 0.333. The molecular weight excluding hydrogens is 491 g/mol. The van der Waals surface area contributed by atoms with Crippen molar-refractivity contribution in [2.75, 3.05) is 5.32 Å². The van der Waals surface area contributed by atoms with Crippen molar-refractivity contribution in [3.63, 3.8) is 0 Å². The second kappa shape index (κ2) is 13.2. The third-order valence-electron chi connectivity index (χ3n) is 7.02. The first-order chi connectivity index (χ1) is 18.9. The minimum absolute atomic E-state index is 0.0305. The van der Waals surface area contributed by atoms with E-state index in [0.29, 0.717) is 31.4 Å². The smallest absolute Gasteiger partial charge is 0.306 e. The van der Waals surface area contributed by atoms with Crippen LogP contribution in [0, 0.1) is 0 Å². The maximum Gasteiger partial charge on any atom is 0.306 e. The van der Waals surface area contributed by atoms with Crippen molar-refractivity contribution in [3.05, 3.63) is 102 Å². The highest BCUT2D eigenvalue weighted by Gasteiger charge is 2.30. The van der Waals surface area contributed by atoms with Crippen molar-refractivity contribution in [1.29, 1.82) is 0 Å². The molecule has 1 fully saturated rings. The van der Waals surface area contributed by atoms with Gasteiger partial charge in [-0.25, -0.2) is 4.39 Å². The molecule has 6 heteroatoms. The molecule has 1 aliphatic rings. The Bertz CT molecular complexity index is 1340. The van der Waals surface area contributed by atoms with Crippen LogP contribution in [0.25, 0.3) is 11.1 Å². The average Bonchev–Trinajstić information content (AvgIpc) is 3.27. The molecule has 0 aliphatic carbocycles. The Hall–Kier alpha value is -3.93. The zero-order chi connectivity index (χ0) is 27.8. The van der Waals surface area contributed by atoms with Crippen LogP contribution in [-0.4, -0.2) is 22.5 Å². The number of nitrogens with zero attached hydrogens (tertiary/aromatic N) is 1. The summed E-state index contributed by atoms with van der Waals surface area (Å²) in [6, 6.07) is 19.3. The number of amides is 1. The van der Waals surface area contributed by atoms with Crippen LogP contribution in [0.5, 0.6) is 0 Å². The van der Waals surface area contributed by atoms with E-state index in [9.17, 15) is 14.0 Å². The lowest BCUT2D eigenvalue weighted by Gasteiger charge is -2.24. The Morgan fingerprint density at radius 2 is 1.82 bits per heavy atom. The standard InChI is InChI=1S/C33H37FN2O3/c1-4-25(34)15-11-19-28-30(24-13-7-5-8-14-24)31(33(38)35-26-16-9-6-10-17-26)32(23(2)3)36(28)22-21-27-18-12-20-29(37)39-27/h4-11,13-17,23,27H,12,18-22H2,1-3H3,(H,35,38)/b15-11-,25-4+. The predicted octanol–water partition coefficient (Wildman–Crippen LogP) is 7.99. The first-order valence-electron chi connectivity index (χ1n) is 13.7. The van der Waals surface area contributed by atoms with Gasteiger partial charge in [-0.05, 0) is 49.5 Å². The molecule has 4 rings (SSSR count). The van der Waals surface area contributed by atoms with E-state index in [1.165, 1.54) is 12.2 Å². The highest BCUT2D eigenvalue weighted by molar-refractivity contribution is 6.10. The Balaban J connectivity index is 1.87. The van der Waals surface area contributed by atoms with Gasteiger partial charge in [-0.3, -0.25) is 9.59 Å². The van der Waals surface area contributed by atoms with Crippen LogP contribution >= 0.6 is 0 Å². The number of carbonyl (C=O) groups excluding carboxylic acids is 2. The normalized spacial score (nSPS) is 16.1. The molecule has 3 aromatic rings. The number of benzene rings is 2. The molecule has 5 nitrogen and oxygen atoms in total. The van der Waals surface area contributed by atoms with Gasteiger partial charge in [0.15, 0.2) is 0 Å².